The fourth-order valence-corrected chi connectivity index (χ4v) is 2.56. The van der Waals surface area contributed by atoms with Crippen molar-refractivity contribution in [3.8, 4) is 0 Å². The molecule has 1 unspecified atom stereocenters. The van der Waals surface area contributed by atoms with Crippen LogP contribution in [-0.4, -0.2) is 4.83 Å². The SMILES string of the molecule is CCCCCC(Br)Cc1ccc(Br)cc1. The average Bonchev–Trinajstić information content (AvgIpc) is 2.22. The minimum absolute atomic E-state index is 0.630. The Bertz CT molecular complexity index is 266. The molecule has 15 heavy (non-hydrogen) atoms. The molecule has 0 bridgehead atoms. The molecule has 0 aliphatic carbocycles. The maximum atomic E-state index is 3.75. The molecule has 0 radical (unpaired) electrons. The highest BCUT2D eigenvalue weighted by molar-refractivity contribution is 9.10. The van der Waals surface area contributed by atoms with E-state index in [2.05, 4.69) is 63.0 Å². The molecule has 2 heteroatoms. The Morgan fingerprint density at radius 2 is 1.80 bits per heavy atom. The number of benzene rings is 1. The van der Waals surface area contributed by atoms with Gasteiger partial charge in [-0.1, -0.05) is 70.2 Å². The zero-order valence-corrected chi connectivity index (χ0v) is 12.4. The lowest BCUT2D eigenvalue weighted by atomic mass is 10.1. The Morgan fingerprint density at radius 1 is 1.13 bits per heavy atom. The van der Waals surface area contributed by atoms with E-state index in [4.69, 9.17) is 0 Å². The Balaban J connectivity index is 2.31. The molecule has 0 amide bonds. The van der Waals surface area contributed by atoms with E-state index in [-0.39, 0.29) is 0 Å². The molecule has 84 valence electrons. The smallest absolute Gasteiger partial charge is 0.0186 e. The summed E-state index contributed by atoms with van der Waals surface area (Å²) in [5.74, 6) is 0. The Kier molecular flexibility index (Phi) is 6.58. The molecule has 1 atom stereocenters. The van der Waals surface area contributed by atoms with Crippen LogP contribution in [0.2, 0.25) is 0 Å². The second-order valence-electron chi connectivity index (χ2n) is 3.92. The first-order chi connectivity index (χ1) is 7.22. The number of hydrogen-bond acceptors (Lipinski definition) is 0. The monoisotopic (exact) mass is 332 g/mol. The molecule has 1 rings (SSSR count). The summed E-state index contributed by atoms with van der Waals surface area (Å²) in [5.41, 5.74) is 1.41. The van der Waals surface area contributed by atoms with Crippen LogP contribution in [-0.2, 0) is 6.42 Å². The third-order valence-corrected chi connectivity index (χ3v) is 3.80. The van der Waals surface area contributed by atoms with Gasteiger partial charge in [0.25, 0.3) is 0 Å². The van der Waals surface area contributed by atoms with Gasteiger partial charge >= 0.3 is 0 Å². The van der Waals surface area contributed by atoms with Crippen LogP contribution in [0.4, 0.5) is 0 Å². The standard InChI is InChI=1S/C13H18Br2/c1-2-3-4-5-13(15)10-11-6-8-12(14)9-7-11/h6-9,13H,2-5,10H2,1H3. The number of hydrogen-bond donors (Lipinski definition) is 0. The fraction of sp³-hybridized carbons (Fsp3) is 0.538. The molecule has 1 aromatic carbocycles. The average molecular weight is 334 g/mol. The van der Waals surface area contributed by atoms with Crippen molar-refractivity contribution in [1.82, 2.24) is 0 Å². The zero-order chi connectivity index (χ0) is 11.1. The third kappa shape index (κ3) is 5.72. The van der Waals surface area contributed by atoms with Crippen LogP contribution in [0.1, 0.15) is 38.2 Å². The number of rotatable bonds is 6. The van der Waals surface area contributed by atoms with Crippen LogP contribution in [0.15, 0.2) is 28.7 Å². The molecular formula is C13H18Br2. The first-order valence-electron chi connectivity index (χ1n) is 5.61. The van der Waals surface area contributed by atoms with Gasteiger partial charge in [-0.3, -0.25) is 0 Å². The fourth-order valence-electron chi connectivity index (χ4n) is 1.59. The van der Waals surface area contributed by atoms with Crippen LogP contribution >= 0.6 is 31.9 Å². The van der Waals surface area contributed by atoms with Crippen LogP contribution in [0.3, 0.4) is 0 Å². The molecule has 0 nitrogen and oxygen atoms in total. The molecule has 0 aliphatic heterocycles. The summed E-state index contributed by atoms with van der Waals surface area (Å²) in [4.78, 5) is 0.630. The predicted octanol–water partition coefficient (Wildman–Crippen LogP) is 5.34. The van der Waals surface area contributed by atoms with Crippen molar-refractivity contribution in [1.29, 1.82) is 0 Å². The van der Waals surface area contributed by atoms with Gasteiger partial charge in [0.1, 0.15) is 0 Å². The second kappa shape index (κ2) is 7.45. The lowest BCUT2D eigenvalue weighted by Gasteiger charge is -2.09. The van der Waals surface area contributed by atoms with E-state index in [9.17, 15) is 0 Å². The van der Waals surface area contributed by atoms with Gasteiger partial charge in [-0.15, -0.1) is 0 Å². The van der Waals surface area contributed by atoms with Crippen molar-refractivity contribution in [2.45, 2.75) is 43.9 Å². The molecule has 0 saturated carbocycles. The van der Waals surface area contributed by atoms with Crippen LogP contribution < -0.4 is 0 Å². The quantitative estimate of drug-likeness (QED) is 0.487. The van der Waals surface area contributed by atoms with Gasteiger partial charge in [0, 0.05) is 9.30 Å². The number of halogens is 2. The summed E-state index contributed by atoms with van der Waals surface area (Å²) in [6, 6.07) is 8.61. The van der Waals surface area contributed by atoms with Gasteiger partial charge < -0.3 is 0 Å². The van der Waals surface area contributed by atoms with Gasteiger partial charge in [0.05, 0.1) is 0 Å². The van der Waals surface area contributed by atoms with Crippen molar-refractivity contribution < 1.29 is 0 Å². The summed E-state index contributed by atoms with van der Waals surface area (Å²) in [6.07, 6.45) is 6.41. The minimum Gasteiger partial charge on any atom is -0.0887 e. The van der Waals surface area contributed by atoms with Gasteiger partial charge in [-0.25, -0.2) is 0 Å². The lowest BCUT2D eigenvalue weighted by molar-refractivity contribution is 0.648. The van der Waals surface area contributed by atoms with E-state index >= 15 is 0 Å². The Morgan fingerprint density at radius 3 is 2.40 bits per heavy atom. The summed E-state index contributed by atoms with van der Waals surface area (Å²) in [6.45, 7) is 2.25. The maximum Gasteiger partial charge on any atom is 0.0186 e. The number of alkyl halides is 1. The van der Waals surface area contributed by atoms with Gasteiger partial charge in [0.15, 0.2) is 0 Å². The molecule has 0 N–H and O–H groups in total. The van der Waals surface area contributed by atoms with E-state index in [1.807, 2.05) is 0 Å². The highest BCUT2D eigenvalue weighted by Gasteiger charge is 2.04. The third-order valence-electron chi connectivity index (χ3n) is 2.49. The molecule has 0 aromatic heterocycles. The Labute approximate surface area is 110 Å². The highest BCUT2D eigenvalue weighted by atomic mass is 79.9. The Hall–Kier alpha value is 0.180. The predicted molar refractivity (Wildman–Crippen MR) is 74.7 cm³/mol. The van der Waals surface area contributed by atoms with E-state index in [1.54, 1.807) is 0 Å². The van der Waals surface area contributed by atoms with Crippen molar-refractivity contribution >= 4 is 31.9 Å². The summed E-state index contributed by atoms with van der Waals surface area (Å²) >= 11 is 7.20. The van der Waals surface area contributed by atoms with Crippen molar-refractivity contribution in [2.24, 2.45) is 0 Å². The topological polar surface area (TPSA) is 0 Å². The largest absolute Gasteiger partial charge is 0.0887 e. The van der Waals surface area contributed by atoms with Crippen molar-refractivity contribution in [3.63, 3.8) is 0 Å². The summed E-state index contributed by atoms with van der Waals surface area (Å²) in [5, 5.41) is 0. The van der Waals surface area contributed by atoms with E-state index in [1.165, 1.54) is 31.2 Å². The first kappa shape index (κ1) is 13.2. The van der Waals surface area contributed by atoms with Crippen LogP contribution in [0, 0.1) is 0 Å². The molecule has 0 heterocycles. The lowest BCUT2D eigenvalue weighted by Crippen LogP contribution is -2.02. The van der Waals surface area contributed by atoms with E-state index in [0.717, 1.165) is 10.9 Å². The normalized spacial score (nSPS) is 12.7. The van der Waals surface area contributed by atoms with Crippen LogP contribution in [0.25, 0.3) is 0 Å². The summed E-state index contributed by atoms with van der Waals surface area (Å²) < 4.78 is 1.16. The minimum atomic E-state index is 0.630. The maximum absolute atomic E-state index is 3.75. The van der Waals surface area contributed by atoms with Gasteiger partial charge in [-0.05, 0) is 30.5 Å². The molecule has 0 saturated heterocycles. The van der Waals surface area contributed by atoms with Gasteiger partial charge in [0.2, 0.25) is 0 Å². The highest BCUT2D eigenvalue weighted by Crippen LogP contribution is 2.18. The first-order valence-corrected chi connectivity index (χ1v) is 7.31. The molecule has 0 aliphatic rings. The molecule has 0 fully saturated rings. The molecule has 1 aromatic rings. The molecular weight excluding hydrogens is 316 g/mol. The number of unbranched alkanes of at least 4 members (excludes halogenated alkanes) is 2. The van der Waals surface area contributed by atoms with Crippen molar-refractivity contribution in [2.75, 3.05) is 0 Å². The summed E-state index contributed by atoms with van der Waals surface area (Å²) in [7, 11) is 0. The molecule has 0 spiro atoms. The van der Waals surface area contributed by atoms with E-state index in [0.29, 0.717) is 4.83 Å². The van der Waals surface area contributed by atoms with Crippen LogP contribution in [0.5, 0.6) is 0 Å². The van der Waals surface area contributed by atoms with Crippen molar-refractivity contribution in [3.05, 3.63) is 34.3 Å². The zero-order valence-electron chi connectivity index (χ0n) is 9.18. The van der Waals surface area contributed by atoms with Gasteiger partial charge in [-0.2, -0.15) is 0 Å². The van der Waals surface area contributed by atoms with E-state index < -0.39 is 0 Å². The second-order valence-corrected chi connectivity index (χ2v) is 6.13.